The van der Waals surface area contributed by atoms with Crippen molar-refractivity contribution in [2.45, 2.75) is 97.2 Å². The Morgan fingerprint density at radius 3 is 2.45 bits per heavy atom. The van der Waals surface area contributed by atoms with Crippen LogP contribution in [-0.4, -0.2) is 55.3 Å². The molecule has 6 heteroatoms. The van der Waals surface area contributed by atoms with Crippen LogP contribution in [0.4, 0.5) is 4.79 Å². The highest BCUT2D eigenvalue weighted by atomic mass is 16.6. The van der Waals surface area contributed by atoms with Crippen molar-refractivity contribution in [3.63, 3.8) is 0 Å². The summed E-state index contributed by atoms with van der Waals surface area (Å²) < 4.78 is 10.8. The Morgan fingerprint density at radius 2 is 1.76 bits per heavy atom. The van der Waals surface area contributed by atoms with Crippen LogP contribution in [-0.2, 0) is 14.3 Å². The van der Waals surface area contributed by atoms with Crippen LogP contribution in [0.5, 0.6) is 0 Å². The van der Waals surface area contributed by atoms with E-state index >= 15 is 0 Å². The first-order valence-electron chi connectivity index (χ1n) is 11.5. The number of amides is 1. The van der Waals surface area contributed by atoms with Crippen molar-refractivity contribution in [1.29, 1.82) is 0 Å². The Balaban J connectivity index is 2.34. The van der Waals surface area contributed by atoms with E-state index in [1.54, 1.807) is 0 Å². The van der Waals surface area contributed by atoms with E-state index in [0.29, 0.717) is 13.0 Å². The number of nitrogens with one attached hydrogen (secondary N) is 1. The zero-order valence-electron chi connectivity index (χ0n) is 18.8. The number of allylic oxidation sites excluding steroid dienone is 2. The molecular formula is C23H42N2O4. The number of hydrogen-bond acceptors (Lipinski definition) is 5. The fourth-order valence-corrected chi connectivity index (χ4v) is 3.41. The summed E-state index contributed by atoms with van der Waals surface area (Å²) in [5.41, 5.74) is 0. The zero-order chi connectivity index (χ0) is 21.3. The second-order valence-corrected chi connectivity index (χ2v) is 8.12. The number of hydrogen-bond donors (Lipinski definition) is 1. The summed E-state index contributed by atoms with van der Waals surface area (Å²) in [5.74, 6) is -0.238. The molecule has 1 amide bonds. The molecule has 0 aromatic heterocycles. The average molecular weight is 411 g/mol. The maximum absolute atomic E-state index is 12.2. The molecule has 1 atom stereocenters. The summed E-state index contributed by atoms with van der Waals surface area (Å²) >= 11 is 0. The van der Waals surface area contributed by atoms with Crippen molar-refractivity contribution < 1.29 is 19.1 Å². The van der Waals surface area contributed by atoms with Gasteiger partial charge >= 0.3 is 12.1 Å². The van der Waals surface area contributed by atoms with Crippen molar-refractivity contribution >= 4 is 12.1 Å². The predicted molar refractivity (Wildman–Crippen MR) is 117 cm³/mol. The standard InChI is InChI=1S/C23H42N2O4/c1-4-5-6-7-8-9-10-13-21(14-15-22(26)28-20(2)3)29-23(27)24-16-19-25-17-11-12-18-25/h8-9,20-21H,4-7,10-19H2,1-3H3,(H,24,27)/b9-8-. The Bertz CT molecular complexity index is 473. The summed E-state index contributed by atoms with van der Waals surface area (Å²) in [6.45, 7) is 9.56. The van der Waals surface area contributed by atoms with Crippen LogP contribution in [0.25, 0.3) is 0 Å². The summed E-state index contributed by atoms with van der Waals surface area (Å²) in [6.07, 6.45) is 13.2. The van der Waals surface area contributed by atoms with E-state index in [1.807, 2.05) is 13.8 Å². The molecule has 0 bridgehead atoms. The third-order valence-electron chi connectivity index (χ3n) is 5.00. The van der Waals surface area contributed by atoms with E-state index in [4.69, 9.17) is 9.47 Å². The van der Waals surface area contributed by atoms with Crippen LogP contribution >= 0.6 is 0 Å². The average Bonchev–Trinajstić information content (AvgIpc) is 3.18. The predicted octanol–water partition coefficient (Wildman–Crippen LogP) is 4.83. The molecule has 1 aliphatic heterocycles. The molecule has 1 saturated heterocycles. The Hall–Kier alpha value is -1.56. The molecule has 1 rings (SSSR count). The first-order valence-corrected chi connectivity index (χ1v) is 11.5. The molecule has 0 aromatic carbocycles. The van der Waals surface area contributed by atoms with Gasteiger partial charge in [0.2, 0.25) is 0 Å². The zero-order valence-corrected chi connectivity index (χ0v) is 18.8. The third-order valence-corrected chi connectivity index (χ3v) is 5.00. The highest BCUT2D eigenvalue weighted by molar-refractivity contribution is 5.70. The number of alkyl carbamates (subject to hydrolysis) is 1. The van der Waals surface area contributed by atoms with Crippen molar-refractivity contribution in [2.75, 3.05) is 26.2 Å². The van der Waals surface area contributed by atoms with Crippen LogP contribution in [0.1, 0.15) is 85.0 Å². The van der Waals surface area contributed by atoms with E-state index in [9.17, 15) is 9.59 Å². The minimum Gasteiger partial charge on any atom is -0.463 e. The molecule has 29 heavy (non-hydrogen) atoms. The molecule has 1 aliphatic rings. The van der Waals surface area contributed by atoms with Gasteiger partial charge in [0.25, 0.3) is 0 Å². The van der Waals surface area contributed by atoms with Gasteiger partial charge in [0.1, 0.15) is 6.10 Å². The van der Waals surface area contributed by atoms with Gasteiger partial charge in [-0.25, -0.2) is 4.79 Å². The van der Waals surface area contributed by atoms with E-state index in [0.717, 1.165) is 38.9 Å². The number of esters is 1. The van der Waals surface area contributed by atoms with E-state index in [-0.39, 0.29) is 24.6 Å². The van der Waals surface area contributed by atoms with Gasteiger partial charge in [0.15, 0.2) is 0 Å². The number of nitrogens with zero attached hydrogens (tertiary/aromatic N) is 1. The lowest BCUT2D eigenvalue weighted by Crippen LogP contribution is -2.35. The minimum atomic E-state index is -0.390. The number of carbonyl (C=O) groups is 2. The molecule has 168 valence electrons. The van der Waals surface area contributed by atoms with Crippen LogP contribution in [0.15, 0.2) is 12.2 Å². The lowest BCUT2D eigenvalue weighted by molar-refractivity contribution is -0.148. The Labute approximate surface area is 177 Å². The first kappa shape index (κ1) is 25.5. The molecule has 1 unspecified atom stereocenters. The van der Waals surface area contributed by atoms with Gasteiger partial charge in [-0.1, -0.05) is 31.9 Å². The van der Waals surface area contributed by atoms with E-state index in [1.165, 1.54) is 32.1 Å². The molecule has 1 fully saturated rings. The molecule has 0 aromatic rings. The van der Waals surface area contributed by atoms with Crippen LogP contribution in [0.2, 0.25) is 0 Å². The summed E-state index contributed by atoms with van der Waals surface area (Å²) in [4.78, 5) is 26.4. The molecule has 0 radical (unpaired) electrons. The normalized spacial score (nSPS) is 15.7. The molecule has 0 aliphatic carbocycles. The van der Waals surface area contributed by atoms with Gasteiger partial charge in [0, 0.05) is 19.5 Å². The smallest absolute Gasteiger partial charge is 0.407 e. The summed E-state index contributed by atoms with van der Waals surface area (Å²) in [7, 11) is 0. The monoisotopic (exact) mass is 410 g/mol. The summed E-state index contributed by atoms with van der Waals surface area (Å²) in [5, 5.41) is 2.85. The van der Waals surface area contributed by atoms with Crippen LogP contribution < -0.4 is 5.32 Å². The lowest BCUT2D eigenvalue weighted by Gasteiger charge is -2.19. The number of ether oxygens (including phenoxy) is 2. The SMILES string of the molecule is CCCCC/C=C\CCC(CCC(=O)OC(C)C)OC(=O)NCCN1CCCC1. The number of carbonyl (C=O) groups excluding carboxylic acids is 2. The second-order valence-electron chi connectivity index (χ2n) is 8.12. The molecule has 1 heterocycles. The fraction of sp³-hybridized carbons (Fsp3) is 0.826. The fourth-order valence-electron chi connectivity index (χ4n) is 3.41. The van der Waals surface area contributed by atoms with Gasteiger partial charge in [-0.2, -0.15) is 0 Å². The van der Waals surface area contributed by atoms with E-state index in [2.05, 4.69) is 29.3 Å². The van der Waals surface area contributed by atoms with E-state index < -0.39 is 6.09 Å². The Morgan fingerprint density at radius 1 is 1.03 bits per heavy atom. The second kappa shape index (κ2) is 16.3. The van der Waals surface area contributed by atoms with Gasteiger partial charge < -0.3 is 19.7 Å². The lowest BCUT2D eigenvalue weighted by atomic mass is 10.1. The molecule has 1 N–H and O–H groups in total. The summed E-state index contributed by atoms with van der Waals surface area (Å²) in [6, 6.07) is 0. The molecule has 0 saturated carbocycles. The number of rotatable bonds is 15. The van der Waals surface area contributed by atoms with Crippen molar-refractivity contribution in [3.05, 3.63) is 12.2 Å². The largest absolute Gasteiger partial charge is 0.463 e. The molecular weight excluding hydrogens is 368 g/mol. The highest BCUT2D eigenvalue weighted by Gasteiger charge is 2.17. The van der Waals surface area contributed by atoms with Gasteiger partial charge in [0.05, 0.1) is 6.10 Å². The topological polar surface area (TPSA) is 67.9 Å². The number of likely N-dealkylation sites (tertiary alicyclic amines) is 1. The molecule has 0 spiro atoms. The van der Waals surface area contributed by atoms with Crippen LogP contribution in [0.3, 0.4) is 0 Å². The van der Waals surface area contributed by atoms with Crippen LogP contribution in [0, 0.1) is 0 Å². The van der Waals surface area contributed by atoms with Crippen molar-refractivity contribution in [1.82, 2.24) is 10.2 Å². The minimum absolute atomic E-state index is 0.123. The Kier molecular flexibility index (Phi) is 14.3. The van der Waals surface area contributed by atoms with Gasteiger partial charge in [-0.15, -0.1) is 0 Å². The number of unbranched alkanes of at least 4 members (excludes halogenated alkanes) is 3. The highest BCUT2D eigenvalue weighted by Crippen LogP contribution is 2.13. The van der Waals surface area contributed by atoms with Crippen molar-refractivity contribution in [3.8, 4) is 0 Å². The maximum atomic E-state index is 12.2. The third kappa shape index (κ3) is 14.1. The first-order chi connectivity index (χ1) is 14.0. The van der Waals surface area contributed by atoms with Crippen molar-refractivity contribution in [2.24, 2.45) is 0 Å². The quantitative estimate of drug-likeness (QED) is 0.238. The van der Waals surface area contributed by atoms with Gasteiger partial charge in [-0.3, -0.25) is 4.79 Å². The maximum Gasteiger partial charge on any atom is 0.407 e. The molecule has 6 nitrogen and oxygen atoms in total. The van der Waals surface area contributed by atoms with Gasteiger partial charge in [-0.05, 0) is 71.9 Å².